The molecule has 1 aliphatic carbocycles. The molecule has 180 valence electrons. The molecule has 3 aromatic rings. The Morgan fingerprint density at radius 2 is 2.09 bits per heavy atom. The fourth-order valence-electron chi connectivity index (χ4n) is 3.53. The van der Waals surface area contributed by atoms with E-state index in [1.54, 1.807) is 36.7 Å². The highest BCUT2D eigenvalue weighted by molar-refractivity contribution is 7.99. The van der Waals surface area contributed by atoms with Gasteiger partial charge in [-0.3, -0.25) is 4.79 Å². The Morgan fingerprint density at radius 1 is 1.26 bits per heavy atom. The second-order valence-electron chi connectivity index (χ2n) is 7.44. The first kappa shape index (κ1) is 24.8. The molecule has 0 unspecified atom stereocenters. The lowest BCUT2D eigenvalue weighted by Crippen LogP contribution is -2.17. The van der Waals surface area contributed by atoms with Crippen molar-refractivity contribution in [2.75, 3.05) is 17.7 Å². The number of ether oxygens (including phenoxy) is 2. The number of anilines is 1. The molecule has 1 aromatic carbocycles. The zero-order valence-electron chi connectivity index (χ0n) is 18.5. The Labute approximate surface area is 214 Å². The van der Waals surface area contributed by atoms with Crippen molar-refractivity contribution in [3.05, 3.63) is 50.1 Å². The third-order valence-corrected chi connectivity index (χ3v) is 7.94. The van der Waals surface area contributed by atoms with Crippen LogP contribution < -0.4 is 10.1 Å². The van der Waals surface area contributed by atoms with E-state index in [1.165, 1.54) is 23.1 Å². The van der Waals surface area contributed by atoms with Crippen molar-refractivity contribution in [3.8, 4) is 5.75 Å². The van der Waals surface area contributed by atoms with E-state index < -0.39 is 0 Å². The molecule has 0 radical (unpaired) electrons. The third kappa shape index (κ3) is 5.51. The Kier molecular flexibility index (Phi) is 8.02. The van der Waals surface area contributed by atoms with Gasteiger partial charge in [0.2, 0.25) is 5.91 Å². The van der Waals surface area contributed by atoms with E-state index in [-0.39, 0.29) is 30.8 Å². The highest BCUT2D eigenvalue weighted by Crippen LogP contribution is 2.39. The molecule has 0 aliphatic heterocycles. The number of thioether (sulfide) groups is 1. The van der Waals surface area contributed by atoms with E-state index in [0.29, 0.717) is 37.3 Å². The number of fused-ring (bicyclic) bond motifs is 1. The summed E-state index contributed by atoms with van der Waals surface area (Å²) in [6, 6.07) is 4.97. The summed E-state index contributed by atoms with van der Waals surface area (Å²) >= 11 is 14.8. The monoisotopic (exact) mass is 540 g/mol. The van der Waals surface area contributed by atoms with E-state index in [2.05, 4.69) is 15.5 Å². The van der Waals surface area contributed by atoms with Gasteiger partial charge in [0.1, 0.15) is 17.4 Å². The summed E-state index contributed by atoms with van der Waals surface area (Å²) in [7, 11) is 1.79. The maximum absolute atomic E-state index is 12.7. The first-order valence-corrected chi connectivity index (χ1v) is 13.1. The van der Waals surface area contributed by atoms with Crippen molar-refractivity contribution in [2.45, 2.75) is 37.9 Å². The minimum Gasteiger partial charge on any atom is -0.484 e. The molecule has 8 nitrogen and oxygen atoms in total. The van der Waals surface area contributed by atoms with Gasteiger partial charge in [-0.2, -0.15) is 0 Å². The maximum atomic E-state index is 12.7. The van der Waals surface area contributed by atoms with Crippen LogP contribution in [0.25, 0.3) is 0 Å². The lowest BCUT2D eigenvalue weighted by atomic mass is 10.1. The zero-order chi connectivity index (χ0) is 24.2. The SMILES string of the molecule is CCOC(=O)c1c(NC(=O)CSc2nnc(COc3cc(Cl)ccc3Cl)n2C)sc2c1CCC2. The van der Waals surface area contributed by atoms with Gasteiger partial charge < -0.3 is 19.4 Å². The van der Waals surface area contributed by atoms with Crippen LogP contribution in [0, 0.1) is 0 Å². The number of thiophene rings is 1. The van der Waals surface area contributed by atoms with E-state index in [1.807, 2.05) is 0 Å². The summed E-state index contributed by atoms with van der Waals surface area (Å²) in [5.74, 6) is 0.506. The number of hydrogen-bond acceptors (Lipinski definition) is 8. The van der Waals surface area contributed by atoms with Crippen molar-refractivity contribution in [3.63, 3.8) is 0 Å². The number of carbonyl (C=O) groups is 2. The first-order chi connectivity index (χ1) is 16.4. The van der Waals surface area contributed by atoms with Crippen molar-refractivity contribution in [1.29, 1.82) is 0 Å². The number of rotatable bonds is 9. The molecule has 4 rings (SSSR count). The normalized spacial score (nSPS) is 12.5. The molecule has 0 atom stereocenters. The molecule has 1 N–H and O–H groups in total. The summed E-state index contributed by atoms with van der Waals surface area (Å²) in [6.07, 6.45) is 2.76. The summed E-state index contributed by atoms with van der Waals surface area (Å²) in [6.45, 7) is 2.19. The van der Waals surface area contributed by atoms with Gasteiger partial charge in [-0.15, -0.1) is 21.5 Å². The van der Waals surface area contributed by atoms with Crippen molar-refractivity contribution < 1.29 is 19.1 Å². The predicted octanol–water partition coefficient (Wildman–Crippen LogP) is 5.16. The van der Waals surface area contributed by atoms with E-state index >= 15 is 0 Å². The van der Waals surface area contributed by atoms with Gasteiger partial charge in [-0.25, -0.2) is 4.79 Å². The van der Waals surface area contributed by atoms with Gasteiger partial charge >= 0.3 is 5.97 Å². The number of nitrogens with one attached hydrogen (secondary N) is 1. The van der Waals surface area contributed by atoms with Crippen LogP contribution in [-0.2, 0) is 36.0 Å². The quantitative estimate of drug-likeness (QED) is 0.295. The highest BCUT2D eigenvalue weighted by Gasteiger charge is 2.28. The van der Waals surface area contributed by atoms with E-state index in [4.69, 9.17) is 32.7 Å². The van der Waals surface area contributed by atoms with Gasteiger partial charge in [0, 0.05) is 23.0 Å². The predicted molar refractivity (Wildman–Crippen MR) is 133 cm³/mol. The van der Waals surface area contributed by atoms with Crippen LogP contribution in [0.3, 0.4) is 0 Å². The zero-order valence-corrected chi connectivity index (χ0v) is 21.7. The number of amides is 1. The Hall–Kier alpha value is -2.27. The maximum Gasteiger partial charge on any atom is 0.341 e. The van der Waals surface area contributed by atoms with Gasteiger partial charge in [0.15, 0.2) is 11.0 Å². The first-order valence-electron chi connectivity index (χ1n) is 10.6. The van der Waals surface area contributed by atoms with Gasteiger partial charge in [0.25, 0.3) is 0 Å². The van der Waals surface area contributed by atoms with Crippen LogP contribution in [0.15, 0.2) is 23.4 Å². The van der Waals surface area contributed by atoms with Crippen LogP contribution in [0.5, 0.6) is 5.75 Å². The molecule has 0 fully saturated rings. The van der Waals surface area contributed by atoms with Crippen LogP contribution in [-0.4, -0.2) is 39.0 Å². The number of nitrogens with zero attached hydrogens (tertiary/aromatic N) is 3. The summed E-state index contributed by atoms with van der Waals surface area (Å²) in [5.41, 5.74) is 1.50. The van der Waals surface area contributed by atoms with Crippen LogP contribution in [0.1, 0.15) is 40.0 Å². The largest absolute Gasteiger partial charge is 0.484 e. The van der Waals surface area contributed by atoms with Gasteiger partial charge in [0.05, 0.1) is 22.9 Å². The van der Waals surface area contributed by atoms with Gasteiger partial charge in [-0.05, 0) is 43.9 Å². The second-order valence-corrected chi connectivity index (χ2v) is 10.3. The molecule has 0 saturated carbocycles. The van der Waals surface area contributed by atoms with E-state index in [0.717, 1.165) is 29.7 Å². The molecule has 1 aliphatic rings. The topological polar surface area (TPSA) is 95.3 Å². The van der Waals surface area contributed by atoms with Crippen LogP contribution in [0.2, 0.25) is 10.0 Å². The molecular weight excluding hydrogens is 519 g/mol. The number of esters is 1. The average Bonchev–Trinajstić information content (AvgIpc) is 3.48. The smallest absolute Gasteiger partial charge is 0.341 e. The Morgan fingerprint density at radius 3 is 2.88 bits per heavy atom. The summed E-state index contributed by atoms with van der Waals surface area (Å²) in [4.78, 5) is 26.3. The molecule has 2 heterocycles. The second kappa shape index (κ2) is 11.0. The summed E-state index contributed by atoms with van der Waals surface area (Å²) in [5, 5.41) is 13.2. The molecule has 2 aromatic heterocycles. The molecule has 12 heteroatoms. The molecular formula is C22H22Cl2N4O4S2. The van der Waals surface area contributed by atoms with E-state index in [9.17, 15) is 9.59 Å². The van der Waals surface area contributed by atoms with Gasteiger partial charge in [-0.1, -0.05) is 35.0 Å². The number of benzene rings is 1. The highest BCUT2D eigenvalue weighted by atomic mass is 35.5. The molecule has 0 spiro atoms. The van der Waals surface area contributed by atoms with Crippen LogP contribution in [0.4, 0.5) is 5.00 Å². The average molecular weight is 541 g/mol. The Balaban J connectivity index is 1.37. The van der Waals surface area contributed by atoms with Crippen LogP contribution >= 0.6 is 46.3 Å². The van der Waals surface area contributed by atoms with Crippen molar-refractivity contribution in [2.24, 2.45) is 7.05 Å². The third-order valence-electron chi connectivity index (χ3n) is 5.16. The number of carbonyl (C=O) groups excluding carboxylic acids is 2. The minimum atomic E-state index is -0.386. The fraction of sp³-hybridized carbons (Fsp3) is 0.364. The number of halogens is 2. The fourth-order valence-corrected chi connectivity index (χ4v) is 5.89. The molecule has 1 amide bonds. The minimum absolute atomic E-state index is 0.109. The number of aromatic nitrogens is 3. The number of hydrogen-bond donors (Lipinski definition) is 1. The molecule has 0 bridgehead atoms. The lowest BCUT2D eigenvalue weighted by Gasteiger charge is -2.09. The lowest BCUT2D eigenvalue weighted by molar-refractivity contribution is -0.113. The Bertz CT molecular complexity index is 1230. The molecule has 34 heavy (non-hydrogen) atoms. The van der Waals surface area contributed by atoms with Crippen molar-refractivity contribution >= 4 is 63.2 Å². The number of aryl methyl sites for hydroxylation is 1. The standard InChI is InChI=1S/C22H22Cl2N4O4S2/c1-3-31-21(30)19-13-5-4-6-16(13)34-20(19)25-18(29)11-33-22-27-26-17(28(22)2)10-32-15-9-12(23)7-8-14(15)24/h7-9H,3-6,10-11H2,1-2H3,(H,25,29). The van der Waals surface area contributed by atoms with Crippen molar-refractivity contribution in [1.82, 2.24) is 14.8 Å². The summed E-state index contributed by atoms with van der Waals surface area (Å²) < 4.78 is 12.7. The molecule has 0 saturated heterocycles.